The Morgan fingerprint density at radius 1 is 1.21 bits per heavy atom. The van der Waals surface area contributed by atoms with E-state index in [2.05, 4.69) is 32.9 Å². The van der Waals surface area contributed by atoms with Crippen molar-refractivity contribution < 1.29 is 9.53 Å². The highest BCUT2D eigenvalue weighted by molar-refractivity contribution is 5.89. The molecule has 0 radical (unpaired) electrons. The zero-order chi connectivity index (χ0) is 14.0. The minimum Gasteiger partial charge on any atom is -0.367 e. The first-order valence-electron chi connectivity index (χ1n) is 7.16. The van der Waals surface area contributed by atoms with Gasteiger partial charge in [0.25, 0.3) is 0 Å². The molecular formula is C17H24O2. The molecule has 1 heterocycles. The summed E-state index contributed by atoms with van der Waals surface area (Å²) in [5.74, 6) is 0.224. The van der Waals surface area contributed by atoms with E-state index in [0.717, 1.165) is 19.3 Å². The standard InChI is InChI=1S/C17H24O2/c1-12-9-13(2)15(14(3)10-12)11-16(18)17(4)7-5-6-8-19-17/h9-10H,5-8,11H2,1-4H3. The molecule has 1 aliphatic rings. The molecule has 1 saturated heterocycles. The summed E-state index contributed by atoms with van der Waals surface area (Å²) in [4.78, 5) is 12.6. The fourth-order valence-corrected chi connectivity index (χ4v) is 2.99. The van der Waals surface area contributed by atoms with Crippen molar-refractivity contribution in [2.45, 2.75) is 59.0 Å². The number of ether oxygens (including phenoxy) is 1. The summed E-state index contributed by atoms with van der Waals surface area (Å²) in [6.45, 7) is 8.94. The SMILES string of the molecule is Cc1cc(C)c(CC(=O)C2(C)CCCCO2)c(C)c1. The van der Waals surface area contributed by atoms with Crippen LogP contribution in [0.3, 0.4) is 0 Å². The van der Waals surface area contributed by atoms with Crippen molar-refractivity contribution in [1.29, 1.82) is 0 Å². The average Bonchev–Trinajstić information content (AvgIpc) is 2.34. The molecule has 1 aliphatic heterocycles. The fourth-order valence-electron chi connectivity index (χ4n) is 2.99. The molecule has 0 aliphatic carbocycles. The molecule has 0 amide bonds. The van der Waals surface area contributed by atoms with E-state index in [1.807, 2.05) is 6.92 Å². The molecule has 0 aromatic heterocycles. The highest BCUT2D eigenvalue weighted by Gasteiger charge is 2.35. The van der Waals surface area contributed by atoms with E-state index >= 15 is 0 Å². The van der Waals surface area contributed by atoms with Crippen LogP contribution < -0.4 is 0 Å². The Labute approximate surface area is 116 Å². The number of hydrogen-bond acceptors (Lipinski definition) is 2. The van der Waals surface area contributed by atoms with E-state index in [-0.39, 0.29) is 5.78 Å². The maximum atomic E-state index is 12.6. The molecule has 1 unspecified atom stereocenters. The van der Waals surface area contributed by atoms with Gasteiger partial charge in [-0.05, 0) is 63.6 Å². The molecular weight excluding hydrogens is 236 g/mol. The van der Waals surface area contributed by atoms with Gasteiger partial charge < -0.3 is 4.74 Å². The predicted molar refractivity (Wildman–Crippen MR) is 77.6 cm³/mol. The van der Waals surface area contributed by atoms with Crippen LogP contribution in [-0.4, -0.2) is 18.0 Å². The van der Waals surface area contributed by atoms with Crippen LogP contribution in [-0.2, 0) is 16.0 Å². The maximum absolute atomic E-state index is 12.6. The molecule has 1 aromatic rings. The van der Waals surface area contributed by atoms with Crippen LogP contribution in [0.5, 0.6) is 0 Å². The Bertz CT molecular complexity index is 459. The number of aryl methyl sites for hydroxylation is 3. The van der Waals surface area contributed by atoms with E-state index in [9.17, 15) is 4.79 Å². The van der Waals surface area contributed by atoms with Gasteiger partial charge in [0, 0.05) is 13.0 Å². The first-order valence-corrected chi connectivity index (χ1v) is 7.16. The third kappa shape index (κ3) is 3.06. The third-order valence-electron chi connectivity index (χ3n) is 4.24. The smallest absolute Gasteiger partial charge is 0.168 e. The third-order valence-corrected chi connectivity index (χ3v) is 4.24. The number of carbonyl (C=O) groups excluding carboxylic acids is 1. The van der Waals surface area contributed by atoms with Crippen molar-refractivity contribution >= 4 is 5.78 Å². The number of rotatable bonds is 3. The van der Waals surface area contributed by atoms with Gasteiger partial charge in [-0.25, -0.2) is 0 Å². The molecule has 0 spiro atoms. The van der Waals surface area contributed by atoms with Crippen LogP contribution in [0.4, 0.5) is 0 Å². The highest BCUT2D eigenvalue weighted by atomic mass is 16.5. The Morgan fingerprint density at radius 2 is 1.84 bits per heavy atom. The zero-order valence-corrected chi connectivity index (χ0v) is 12.5. The molecule has 19 heavy (non-hydrogen) atoms. The van der Waals surface area contributed by atoms with Crippen molar-refractivity contribution in [2.24, 2.45) is 0 Å². The normalized spacial score (nSPS) is 23.4. The van der Waals surface area contributed by atoms with Gasteiger partial charge in [0.1, 0.15) is 5.60 Å². The van der Waals surface area contributed by atoms with Gasteiger partial charge in [0.15, 0.2) is 5.78 Å². The number of benzene rings is 1. The quantitative estimate of drug-likeness (QED) is 0.828. The van der Waals surface area contributed by atoms with Crippen molar-refractivity contribution in [1.82, 2.24) is 0 Å². The summed E-state index contributed by atoms with van der Waals surface area (Å²) < 4.78 is 5.75. The summed E-state index contributed by atoms with van der Waals surface area (Å²) in [6, 6.07) is 4.30. The van der Waals surface area contributed by atoms with Gasteiger partial charge in [-0.1, -0.05) is 17.7 Å². The lowest BCUT2D eigenvalue weighted by Crippen LogP contribution is -2.42. The zero-order valence-electron chi connectivity index (χ0n) is 12.5. The molecule has 1 aromatic carbocycles. The summed E-state index contributed by atoms with van der Waals surface area (Å²) in [5, 5.41) is 0. The van der Waals surface area contributed by atoms with Crippen LogP contribution in [0.2, 0.25) is 0 Å². The van der Waals surface area contributed by atoms with Crippen molar-refractivity contribution in [3.05, 3.63) is 34.4 Å². The van der Waals surface area contributed by atoms with Gasteiger partial charge in [-0.2, -0.15) is 0 Å². The molecule has 1 fully saturated rings. The maximum Gasteiger partial charge on any atom is 0.168 e. The molecule has 104 valence electrons. The van der Waals surface area contributed by atoms with Crippen molar-refractivity contribution in [3.63, 3.8) is 0 Å². The van der Waals surface area contributed by atoms with Gasteiger partial charge >= 0.3 is 0 Å². The van der Waals surface area contributed by atoms with Crippen LogP contribution in [0.15, 0.2) is 12.1 Å². The number of hydrogen-bond donors (Lipinski definition) is 0. The number of carbonyl (C=O) groups is 1. The topological polar surface area (TPSA) is 26.3 Å². The number of ketones is 1. The number of Topliss-reactive ketones (excluding diaryl/α,β-unsaturated/α-hetero) is 1. The Kier molecular flexibility index (Phi) is 4.10. The fraction of sp³-hybridized carbons (Fsp3) is 0.588. The average molecular weight is 260 g/mol. The first-order chi connectivity index (χ1) is 8.92. The van der Waals surface area contributed by atoms with E-state index in [4.69, 9.17) is 4.74 Å². The van der Waals surface area contributed by atoms with Gasteiger partial charge in [-0.15, -0.1) is 0 Å². The second-order valence-electron chi connectivity index (χ2n) is 6.01. The summed E-state index contributed by atoms with van der Waals surface area (Å²) in [6.07, 6.45) is 3.52. The van der Waals surface area contributed by atoms with E-state index in [1.165, 1.54) is 22.3 Å². The van der Waals surface area contributed by atoms with Crippen molar-refractivity contribution in [3.8, 4) is 0 Å². The molecule has 2 nitrogen and oxygen atoms in total. The van der Waals surface area contributed by atoms with Crippen LogP contribution in [0, 0.1) is 20.8 Å². The minimum atomic E-state index is -0.567. The van der Waals surface area contributed by atoms with E-state index in [1.54, 1.807) is 0 Å². The van der Waals surface area contributed by atoms with Crippen LogP contribution >= 0.6 is 0 Å². The monoisotopic (exact) mass is 260 g/mol. The largest absolute Gasteiger partial charge is 0.367 e. The molecule has 0 bridgehead atoms. The lowest BCUT2D eigenvalue weighted by atomic mass is 9.86. The molecule has 1 atom stereocenters. The van der Waals surface area contributed by atoms with Crippen LogP contribution in [0.25, 0.3) is 0 Å². The second-order valence-corrected chi connectivity index (χ2v) is 6.01. The first kappa shape index (κ1) is 14.3. The Balaban J connectivity index is 2.19. The van der Waals surface area contributed by atoms with Gasteiger partial charge in [0.2, 0.25) is 0 Å². The second kappa shape index (κ2) is 5.46. The summed E-state index contributed by atoms with van der Waals surface area (Å²) >= 11 is 0. The molecule has 2 heteroatoms. The lowest BCUT2D eigenvalue weighted by molar-refractivity contribution is -0.147. The van der Waals surface area contributed by atoms with Gasteiger partial charge in [0.05, 0.1) is 0 Å². The minimum absolute atomic E-state index is 0.224. The highest BCUT2D eigenvalue weighted by Crippen LogP contribution is 2.28. The van der Waals surface area contributed by atoms with Gasteiger partial charge in [-0.3, -0.25) is 4.79 Å². The van der Waals surface area contributed by atoms with E-state index < -0.39 is 5.60 Å². The predicted octanol–water partition coefficient (Wildman–Crippen LogP) is 3.68. The van der Waals surface area contributed by atoms with Crippen LogP contribution in [0.1, 0.15) is 48.4 Å². The molecule has 0 saturated carbocycles. The molecule has 2 rings (SSSR count). The van der Waals surface area contributed by atoms with Crippen molar-refractivity contribution in [2.75, 3.05) is 6.61 Å². The van der Waals surface area contributed by atoms with E-state index in [0.29, 0.717) is 13.0 Å². The Morgan fingerprint density at radius 3 is 2.37 bits per heavy atom. The summed E-state index contributed by atoms with van der Waals surface area (Å²) in [5.41, 5.74) is 4.29. The summed E-state index contributed by atoms with van der Waals surface area (Å²) in [7, 11) is 0. The molecule has 0 N–H and O–H groups in total. The Hall–Kier alpha value is -1.15. The lowest BCUT2D eigenvalue weighted by Gasteiger charge is -2.32.